The molecule has 0 unspecified atom stereocenters. The fourth-order valence-corrected chi connectivity index (χ4v) is 3.19. The summed E-state index contributed by atoms with van der Waals surface area (Å²) in [6, 6.07) is 8.15. The molecule has 4 atom stereocenters. The lowest BCUT2D eigenvalue weighted by Crippen LogP contribution is -2.40. The van der Waals surface area contributed by atoms with Crippen LogP contribution in [0.25, 0.3) is 0 Å². The molecule has 1 aromatic carbocycles. The van der Waals surface area contributed by atoms with Crippen LogP contribution in [0.3, 0.4) is 0 Å². The summed E-state index contributed by atoms with van der Waals surface area (Å²) in [6.45, 7) is 8.12. The van der Waals surface area contributed by atoms with Crippen LogP contribution in [0.1, 0.15) is 44.7 Å². The number of ketones is 1. The van der Waals surface area contributed by atoms with Gasteiger partial charge in [-0.15, -0.1) is 0 Å². The molecule has 5 heteroatoms. The minimum absolute atomic E-state index is 0.0470. The van der Waals surface area contributed by atoms with Crippen molar-refractivity contribution in [3.8, 4) is 0 Å². The summed E-state index contributed by atoms with van der Waals surface area (Å²) in [5.74, 6) is -0.676. The lowest BCUT2D eigenvalue weighted by Gasteiger charge is -2.25. The molecule has 24 heavy (non-hydrogen) atoms. The summed E-state index contributed by atoms with van der Waals surface area (Å²) in [7, 11) is 0. The normalized spacial score (nSPS) is 31.2. The third-order valence-corrected chi connectivity index (χ3v) is 4.37. The van der Waals surface area contributed by atoms with E-state index in [1.807, 2.05) is 52.0 Å². The Morgan fingerprint density at radius 3 is 2.58 bits per heavy atom. The van der Waals surface area contributed by atoms with Crippen LogP contribution < -0.4 is 0 Å². The quantitative estimate of drug-likeness (QED) is 0.800. The standard InChI is InChI=1S/C19H26O5/c1-5-6-14(20)15-16(17-18(22-15)24-19(3,4)23-17)21-11-13-9-7-12(2)8-10-13/h7-10,15-18H,5-6,11H2,1-4H3/t15-,16+,17-,18-/m1/s1. The maximum atomic E-state index is 12.4. The van der Waals surface area contributed by atoms with Gasteiger partial charge in [0.2, 0.25) is 0 Å². The highest BCUT2D eigenvalue weighted by molar-refractivity contribution is 5.84. The lowest BCUT2D eigenvalue weighted by atomic mass is 10.0. The van der Waals surface area contributed by atoms with Crippen molar-refractivity contribution < 1.29 is 23.7 Å². The first-order valence-electron chi connectivity index (χ1n) is 8.60. The molecule has 2 saturated heterocycles. The molecule has 132 valence electrons. The maximum absolute atomic E-state index is 12.4. The highest BCUT2D eigenvalue weighted by atomic mass is 16.8. The molecule has 0 amide bonds. The van der Waals surface area contributed by atoms with Crippen molar-refractivity contribution >= 4 is 5.78 Å². The predicted octanol–water partition coefficient (Wildman–Crippen LogP) is 3.13. The van der Waals surface area contributed by atoms with Crippen molar-refractivity contribution in [2.45, 2.75) is 77.5 Å². The second kappa shape index (κ2) is 6.92. The number of benzene rings is 1. The van der Waals surface area contributed by atoms with Crippen LogP contribution in [0.15, 0.2) is 24.3 Å². The van der Waals surface area contributed by atoms with E-state index < -0.39 is 24.3 Å². The van der Waals surface area contributed by atoms with Crippen LogP contribution in [0.5, 0.6) is 0 Å². The number of carbonyl (C=O) groups is 1. The molecule has 0 aromatic heterocycles. The summed E-state index contributed by atoms with van der Waals surface area (Å²) in [6.07, 6.45) is -0.743. The minimum atomic E-state index is -0.723. The first-order valence-corrected chi connectivity index (χ1v) is 8.60. The van der Waals surface area contributed by atoms with E-state index in [9.17, 15) is 4.79 Å². The van der Waals surface area contributed by atoms with Crippen LogP contribution in [0, 0.1) is 6.92 Å². The number of fused-ring (bicyclic) bond motifs is 1. The number of hydrogen-bond donors (Lipinski definition) is 0. The molecule has 2 heterocycles. The fraction of sp³-hybridized carbons (Fsp3) is 0.632. The summed E-state index contributed by atoms with van der Waals surface area (Å²) in [4.78, 5) is 12.4. The number of ether oxygens (including phenoxy) is 4. The summed E-state index contributed by atoms with van der Waals surface area (Å²) < 4.78 is 23.6. The van der Waals surface area contributed by atoms with Crippen molar-refractivity contribution in [1.82, 2.24) is 0 Å². The maximum Gasteiger partial charge on any atom is 0.190 e. The summed E-state index contributed by atoms with van der Waals surface area (Å²) in [5, 5.41) is 0. The van der Waals surface area contributed by atoms with E-state index in [1.165, 1.54) is 5.56 Å². The van der Waals surface area contributed by atoms with Crippen molar-refractivity contribution in [1.29, 1.82) is 0 Å². The largest absolute Gasteiger partial charge is 0.367 e. The van der Waals surface area contributed by atoms with Gasteiger partial charge in [-0.05, 0) is 32.8 Å². The minimum Gasteiger partial charge on any atom is -0.367 e. The zero-order valence-electron chi connectivity index (χ0n) is 14.8. The molecular weight excluding hydrogens is 308 g/mol. The SMILES string of the molecule is CCCC(=O)[C@H]1O[C@@H]2OC(C)(C)O[C@@H]2[C@H]1OCc1ccc(C)cc1. The van der Waals surface area contributed by atoms with E-state index in [-0.39, 0.29) is 11.9 Å². The first kappa shape index (κ1) is 17.5. The monoisotopic (exact) mass is 334 g/mol. The molecular formula is C19H26O5. The molecule has 5 nitrogen and oxygen atoms in total. The molecule has 2 aliphatic rings. The van der Waals surface area contributed by atoms with Gasteiger partial charge >= 0.3 is 0 Å². The van der Waals surface area contributed by atoms with E-state index in [4.69, 9.17) is 18.9 Å². The van der Waals surface area contributed by atoms with Gasteiger partial charge in [0.05, 0.1) is 6.61 Å². The second-order valence-electron chi connectivity index (χ2n) is 7.00. The fourth-order valence-electron chi connectivity index (χ4n) is 3.19. The predicted molar refractivity (Wildman–Crippen MR) is 88.4 cm³/mol. The Labute approximate surface area is 143 Å². The topological polar surface area (TPSA) is 54.0 Å². The van der Waals surface area contributed by atoms with Gasteiger partial charge in [0.1, 0.15) is 18.3 Å². The van der Waals surface area contributed by atoms with Crippen LogP contribution in [0.4, 0.5) is 0 Å². The van der Waals surface area contributed by atoms with E-state index in [1.54, 1.807) is 0 Å². The molecule has 3 rings (SSSR count). The van der Waals surface area contributed by atoms with E-state index >= 15 is 0 Å². The third-order valence-electron chi connectivity index (χ3n) is 4.37. The molecule has 1 aromatic rings. The Kier molecular flexibility index (Phi) is 5.06. The number of aryl methyl sites for hydroxylation is 1. The molecule has 2 aliphatic heterocycles. The number of carbonyl (C=O) groups excluding carboxylic acids is 1. The molecule has 0 saturated carbocycles. The third kappa shape index (κ3) is 3.70. The van der Waals surface area contributed by atoms with Gasteiger partial charge in [-0.25, -0.2) is 0 Å². The van der Waals surface area contributed by atoms with Gasteiger partial charge in [0.15, 0.2) is 17.9 Å². The average molecular weight is 334 g/mol. The van der Waals surface area contributed by atoms with Gasteiger partial charge in [-0.1, -0.05) is 36.8 Å². The van der Waals surface area contributed by atoms with Gasteiger partial charge in [0, 0.05) is 6.42 Å². The Morgan fingerprint density at radius 1 is 1.21 bits per heavy atom. The van der Waals surface area contributed by atoms with Crippen molar-refractivity contribution in [3.63, 3.8) is 0 Å². The zero-order chi connectivity index (χ0) is 17.3. The Morgan fingerprint density at radius 2 is 1.92 bits per heavy atom. The Hall–Kier alpha value is -1.27. The summed E-state index contributed by atoms with van der Waals surface area (Å²) in [5.41, 5.74) is 2.26. The molecule has 2 fully saturated rings. The number of hydrogen-bond acceptors (Lipinski definition) is 5. The number of rotatable bonds is 6. The van der Waals surface area contributed by atoms with E-state index in [2.05, 4.69) is 0 Å². The van der Waals surface area contributed by atoms with Gasteiger partial charge in [-0.3, -0.25) is 4.79 Å². The van der Waals surface area contributed by atoms with Crippen LogP contribution in [-0.2, 0) is 30.3 Å². The molecule has 0 bridgehead atoms. The van der Waals surface area contributed by atoms with Gasteiger partial charge in [0.25, 0.3) is 0 Å². The molecule has 0 radical (unpaired) electrons. The van der Waals surface area contributed by atoms with Crippen LogP contribution >= 0.6 is 0 Å². The highest BCUT2D eigenvalue weighted by Crippen LogP contribution is 2.39. The average Bonchev–Trinajstić information content (AvgIpc) is 2.99. The van der Waals surface area contributed by atoms with Gasteiger partial charge in [-0.2, -0.15) is 0 Å². The second-order valence-corrected chi connectivity index (χ2v) is 7.00. The van der Waals surface area contributed by atoms with Crippen molar-refractivity contribution in [2.24, 2.45) is 0 Å². The first-order chi connectivity index (χ1) is 11.4. The summed E-state index contributed by atoms with van der Waals surface area (Å²) >= 11 is 0. The lowest BCUT2D eigenvalue weighted by molar-refractivity contribution is -0.218. The molecule has 0 N–H and O–H groups in total. The number of Topliss-reactive ketones (excluding diaryl/α,β-unsaturated/α-hetero) is 1. The highest BCUT2D eigenvalue weighted by Gasteiger charge is 2.57. The van der Waals surface area contributed by atoms with Crippen LogP contribution in [-0.4, -0.2) is 36.2 Å². The Bertz CT molecular complexity index is 580. The van der Waals surface area contributed by atoms with Gasteiger partial charge < -0.3 is 18.9 Å². The van der Waals surface area contributed by atoms with Crippen LogP contribution in [0.2, 0.25) is 0 Å². The smallest absolute Gasteiger partial charge is 0.190 e. The van der Waals surface area contributed by atoms with E-state index in [0.717, 1.165) is 12.0 Å². The van der Waals surface area contributed by atoms with Crippen molar-refractivity contribution in [2.75, 3.05) is 0 Å². The van der Waals surface area contributed by atoms with E-state index in [0.29, 0.717) is 13.0 Å². The molecule has 0 aliphatic carbocycles. The van der Waals surface area contributed by atoms with Crippen molar-refractivity contribution in [3.05, 3.63) is 35.4 Å². The molecule has 0 spiro atoms. The Balaban J connectivity index is 1.71. The zero-order valence-corrected chi connectivity index (χ0v) is 14.8.